The van der Waals surface area contributed by atoms with Crippen molar-refractivity contribution in [1.29, 1.82) is 0 Å². The first-order valence-corrected chi connectivity index (χ1v) is 8.14. The van der Waals surface area contributed by atoms with Gasteiger partial charge in [0.05, 0.1) is 11.3 Å². The quantitative estimate of drug-likeness (QED) is 0.636. The van der Waals surface area contributed by atoms with Gasteiger partial charge in [0, 0.05) is 16.4 Å². The summed E-state index contributed by atoms with van der Waals surface area (Å²) >= 11 is 7.21. The van der Waals surface area contributed by atoms with E-state index in [1.807, 2.05) is 12.3 Å². The summed E-state index contributed by atoms with van der Waals surface area (Å²) in [5.74, 6) is -0.490. The molecule has 0 bridgehead atoms. The Morgan fingerprint density at radius 3 is 2.74 bits per heavy atom. The second kappa shape index (κ2) is 7.89. The maximum absolute atomic E-state index is 12.0. The smallest absolute Gasteiger partial charge is 0.281 e. The largest absolute Gasteiger partial charge is 0.326 e. The van der Waals surface area contributed by atoms with Gasteiger partial charge in [0.25, 0.3) is 5.91 Å². The van der Waals surface area contributed by atoms with Crippen LogP contribution in [0.3, 0.4) is 0 Å². The summed E-state index contributed by atoms with van der Waals surface area (Å²) in [4.78, 5) is 24.3. The zero-order valence-corrected chi connectivity index (χ0v) is 14.3. The van der Waals surface area contributed by atoms with E-state index in [2.05, 4.69) is 15.8 Å². The van der Waals surface area contributed by atoms with Crippen molar-refractivity contribution in [1.82, 2.24) is 5.43 Å². The van der Waals surface area contributed by atoms with Gasteiger partial charge in [-0.1, -0.05) is 17.7 Å². The molecule has 2 rings (SSSR count). The van der Waals surface area contributed by atoms with Crippen LogP contribution in [0.15, 0.2) is 40.8 Å². The van der Waals surface area contributed by atoms with Crippen molar-refractivity contribution in [3.05, 3.63) is 51.2 Å². The molecule has 120 valence electrons. The summed E-state index contributed by atoms with van der Waals surface area (Å²) in [5, 5.41) is 9.17. The van der Waals surface area contributed by atoms with Gasteiger partial charge in [-0.3, -0.25) is 9.59 Å². The first-order chi connectivity index (χ1) is 11.0. The van der Waals surface area contributed by atoms with E-state index in [0.717, 1.165) is 5.56 Å². The third-order valence-corrected chi connectivity index (χ3v) is 4.08. The second-order valence-corrected chi connectivity index (χ2v) is 6.33. The van der Waals surface area contributed by atoms with Crippen molar-refractivity contribution in [3.63, 3.8) is 0 Å². The van der Waals surface area contributed by atoms with Crippen LogP contribution in [-0.2, 0) is 4.79 Å². The summed E-state index contributed by atoms with van der Waals surface area (Å²) in [5.41, 5.74) is 4.53. The monoisotopic (exact) mass is 349 g/mol. The van der Waals surface area contributed by atoms with Crippen molar-refractivity contribution in [3.8, 4) is 0 Å². The Morgan fingerprint density at radius 2 is 2.09 bits per heavy atom. The Balaban J connectivity index is 1.89. The van der Waals surface area contributed by atoms with Crippen LogP contribution < -0.4 is 10.7 Å². The first kappa shape index (κ1) is 17.2. The van der Waals surface area contributed by atoms with E-state index in [9.17, 15) is 9.59 Å². The molecule has 23 heavy (non-hydrogen) atoms. The number of rotatable bonds is 5. The minimum Gasteiger partial charge on any atom is -0.326 e. The SMILES string of the molecule is CC(CC(=O)Nc1ccc(Cl)cc1C)=NNC(=O)c1cccs1. The van der Waals surface area contributed by atoms with E-state index in [1.54, 1.807) is 37.3 Å². The number of hydrazone groups is 1. The minimum absolute atomic E-state index is 0.0901. The predicted octanol–water partition coefficient (Wildman–Crippen LogP) is 3.84. The molecule has 7 heteroatoms. The molecular weight excluding hydrogens is 334 g/mol. The minimum atomic E-state index is -0.284. The maximum atomic E-state index is 12.0. The number of nitrogens with zero attached hydrogens (tertiary/aromatic N) is 1. The van der Waals surface area contributed by atoms with Crippen molar-refractivity contribution < 1.29 is 9.59 Å². The lowest BCUT2D eigenvalue weighted by Crippen LogP contribution is -2.21. The molecule has 0 saturated carbocycles. The Bertz CT molecular complexity index is 742. The fraction of sp³-hybridized carbons (Fsp3) is 0.188. The summed E-state index contributed by atoms with van der Waals surface area (Å²) in [6.45, 7) is 3.55. The van der Waals surface area contributed by atoms with E-state index in [0.29, 0.717) is 21.3 Å². The predicted molar refractivity (Wildman–Crippen MR) is 94.3 cm³/mol. The lowest BCUT2D eigenvalue weighted by atomic mass is 10.2. The number of carbonyl (C=O) groups is 2. The maximum Gasteiger partial charge on any atom is 0.281 e. The summed E-state index contributed by atoms with van der Waals surface area (Å²) in [7, 11) is 0. The third-order valence-electron chi connectivity index (χ3n) is 2.97. The average molecular weight is 350 g/mol. The Morgan fingerprint density at radius 1 is 1.30 bits per heavy atom. The molecule has 0 aliphatic heterocycles. The van der Waals surface area contributed by atoms with E-state index in [-0.39, 0.29) is 18.2 Å². The number of anilines is 1. The molecule has 2 amide bonds. The normalized spacial score (nSPS) is 11.2. The second-order valence-electron chi connectivity index (χ2n) is 4.95. The standard InChI is InChI=1S/C16H16ClN3O2S/c1-10-8-12(17)5-6-13(10)18-15(21)9-11(2)19-20-16(22)14-4-3-7-23-14/h3-8H,9H2,1-2H3,(H,18,21)(H,20,22). The first-order valence-electron chi connectivity index (χ1n) is 6.88. The van der Waals surface area contributed by atoms with Gasteiger partial charge in [-0.15, -0.1) is 11.3 Å². The van der Waals surface area contributed by atoms with E-state index in [1.165, 1.54) is 11.3 Å². The third kappa shape index (κ3) is 5.19. The highest BCUT2D eigenvalue weighted by atomic mass is 35.5. The zero-order chi connectivity index (χ0) is 16.8. The molecule has 0 aliphatic rings. The number of amides is 2. The molecule has 0 spiro atoms. The fourth-order valence-corrected chi connectivity index (χ4v) is 2.68. The molecule has 2 aromatic rings. The molecule has 0 atom stereocenters. The zero-order valence-electron chi connectivity index (χ0n) is 12.7. The molecule has 0 saturated heterocycles. The number of aryl methyl sites for hydroxylation is 1. The van der Waals surface area contributed by atoms with Crippen LogP contribution in [0.1, 0.15) is 28.6 Å². The summed E-state index contributed by atoms with van der Waals surface area (Å²) in [6, 6.07) is 8.74. The van der Waals surface area contributed by atoms with Crippen molar-refractivity contribution >= 4 is 46.2 Å². The van der Waals surface area contributed by atoms with E-state index < -0.39 is 0 Å². The van der Waals surface area contributed by atoms with Gasteiger partial charge >= 0.3 is 0 Å². The van der Waals surface area contributed by atoms with Crippen molar-refractivity contribution in [2.75, 3.05) is 5.32 Å². The Labute approximate surface area is 143 Å². The molecular formula is C16H16ClN3O2S. The number of carbonyl (C=O) groups excluding carboxylic acids is 2. The molecule has 5 nitrogen and oxygen atoms in total. The van der Waals surface area contributed by atoms with Gasteiger partial charge in [0.15, 0.2) is 0 Å². The molecule has 0 radical (unpaired) electrons. The van der Waals surface area contributed by atoms with Gasteiger partial charge in [-0.25, -0.2) is 5.43 Å². The summed E-state index contributed by atoms with van der Waals surface area (Å²) in [6.07, 6.45) is 0.0901. The Hall–Kier alpha value is -2.18. The topological polar surface area (TPSA) is 70.6 Å². The van der Waals surface area contributed by atoms with Crippen molar-refractivity contribution in [2.45, 2.75) is 20.3 Å². The number of halogens is 1. The number of nitrogens with one attached hydrogen (secondary N) is 2. The molecule has 1 heterocycles. The lowest BCUT2D eigenvalue weighted by Gasteiger charge is -2.08. The van der Waals surface area contributed by atoms with Gasteiger partial charge < -0.3 is 5.32 Å². The molecule has 0 unspecified atom stereocenters. The van der Waals surface area contributed by atoms with Gasteiger partial charge in [-0.2, -0.15) is 5.10 Å². The van der Waals surface area contributed by atoms with E-state index >= 15 is 0 Å². The van der Waals surface area contributed by atoms with Crippen LogP contribution >= 0.6 is 22.9 Å². The highest BCUT2D eigenvalue weighted by Gasteiger charge is 2.08. The fourth-order valence-electron chi connectivity index (χ4n) is 1.84. The Kier molecular flexibility index (Phi) is 5.90. The average Bonchev–Trinajstić information content (AvgIpc) is 3.02. The number of hydrogen-bond acceptors (Lipinski definition) is 4. The molecule has 1 aromatic heterocycles. The van der Waals surface area contributed by atoms with Crippen LogP contribution in [-0.4, -0.2) is 17.5 Å². The van der Waals surface area contributed by atoms with Crippen molar-refractivity contribution in [2.24, 2.45) is 5.10 Å². The molecule has 0 aliphatic carbocycles. The van der Waals surface area contributed by atoms with E-state index in [4.69, 9.17) is 11.6 Å². The molecule has 1 aromatic carbocycles. The van der Waals surface area contributed by atoms with Crippen LogP contribution in [0.5, 0.6) is 0 Å². The van der Waals surface area contributed by atoms with Crippen LogP contribution in [0.25, 0.3) is 0 Å². The lowest BCUT2D eigenvalue weighted by molar-refractivity contribution is -0.115. The van der Waals surface area contributed by atoms with Gasteiger partial charge in [-0.05, 0) is 49.1 Å². The van der Waals surface area contributed by atoms with Gasteiger partial charge in [0.1, 0.15) is 0 Å². The number of hydrogen-bond donors (Lipinski definition) is 2. The van der Waals surface area contributed by atoms with Gasteiger partial charge in [0.2, 0.25) is 5.91 Å². The molecule has 0 fully saturated rings. The highest BCUT2D eigenvalue weighted by Crippen LogP contribution is 2.19. The summed E-state index contributed by atoms with van der Waals surface area (Å²) < 4.78 is 0. The highest BCUT2D eigenvalue weighted by molar-refractivity contribution is 7.12. The van der Waals surface area contributed by atoms with Crippen LogP contribution in [0.2, 0.25) is 5.02 Å². The van der Waals surface area contributed by atoms with Crippen LogP contribution in [0, 0.1) is 6.92 Å². The van der Waals surface area contributed by atoms with Crippen LogP contribution in [0.4, 0.5) is 5.69 Å². The number of thiophene rings is 1. The molecule has 2 N–H and O–H groups in total. The number of benzene rings is 1.